The minimum Gasteiger partial charge on any atom is -0.481 e. The molecule has 0 aromatic carbocycles. The number of cyclic esters (lactones) is 1. The van der Waals surface area contributed by atoms with Gasteiger partial charge in [0.25, 0.3) is 0 Å². The molecule has 7 heteroatoms. The molecule has 1 rings (SSSR count). The quantitative estimate of drug-likeness (QED) is 0.168. The van der Waals surface area contributed by atoms with Gasteiger partial charge in [-0.15, -0.1) is 0 Å². The van der Waals surface area contributed by atoms with Crippen molar-refractivity contribution < 1.29 is 29.0 Å². The number of esters is 2. The topological polar surface area (TPSA) is 116 Å². The SMILES string of the molecule is CCCCCCCCCCC[C@@H](C[C@@H]1OC(=O)[C@H]1CCCCCC)OC(=O)C(N)CC(=O)O. The smallest absolute Gasteiger partial charge is 0.323 e. The van der Waals surface area contributed by atoms with Gasteiger partial charge in [-0.1, -0.05) is 90.9 Å². The van der Waals surface area contributed by atoms with E-state index >= 15 is 0 Å². The number of rotatable bonds is 21. The van der Waals surface area contributed by atoms with E-state index in [-0.39, 0.29) is 18.0 Å². The molecule has 1 heterocycles. The van der Waals surface area contributed by atoms with E-state index in [2.05, 4.69) is 13.8 Å². The molecule has 33 heavy (non-hydrogen) atoms. The van der Waals surface area contributed by atoms with E-state index in [9.17, 15) is 14.4 Å². The maximum absolute atomic E-state index is 12.3. The van der Waals surface area contributed by atoms with Crippen LogP contribution in [0.5, 0.6) is 0 Å². The molecule has 0 aromatic rings. The van der Waals surface area contributed by atoms with E-state index < -0.39 is 30.5 Å². The Morgan fingerprint density at radius 3 is 2.03 bits per heavy atom. The molecule has 1 aliphatic rings. The van der Waals surface area contributed by atoms with Gasteiger partial charge in [0.15, 0.2) is 0 Å². The van der Waals surface area contributed by atoms with Gasteiger partial charge in [0.1, 0.15) is 18.2 Å². The predicted octanol–water partition coefficient (Wildman–Crippen LogP) is 5.52. The summed E-state index contributed by atoms with van der Waals surface area (Å²) in [4.78, 5) is 35.1. The minimum absolute atomic E-state index is 0.126. The van der Waals surface area contributed by atoms with Crippen molar-refractivity contribution >= 4 is 17.9 Å². The van der Waals surface area contributed by atoms with Crippen molar-refractivity contribution in [3.63, 3.8) is 0 Å². The molecule has 7 nitrogen and oxygen atoms in total. The van der Waals surface area contributed by atoms with Crippen LogP contribution in [-0.4, -0.2) is 41.3 Å². The third-order valence-corrected chi connectivity index (χ3v) is 6.49. The van der Waals surface area contributed by atoms with Crippen LogP contribution in [0.2, 0.25) is 0 Å². The van der Waals surface area contributed by atoms with Crippen LogP contribution in [0.15, 0.2) is 0 Å². The van der Waals surface area contributed by atoms with E-state index in [4.69, 9.17) is 20.3 Å². The summed E-state index contributed by atoms with van der Waals surface area (Å²) in [6.45, 7) is 4.37. The van der Waals surface area contributed by atoms with Gasteiger partial charge in [0, 0.05) is 6.42 Å². The first-order valence-electron chi connectivity index (χ1n) is 13.3. The van der Waals surface area contributed by atoms with Crippen LogP contribution in [0.4, 0.5) is 0 Å². The van der Waals surface area contributed by atoms with Crippen LogP contribution < -0.4 is 5.73 Å². The molecule has 0 radical (unpaired) electrons. The lowest BCUT2D eigenvalue weighted by Gasteiger charge is -2.37. The normalized spacial score (nSPS) is 19.4. The van der Waals surface area contributed by atoms with E-state index in [1.165, 1.54) is 38.5 Å². The van der Waals surface area contributed by atoms with Gasteiger partial charge in [-0.3, -0.25) is 14.4 Å². The summed E-state index contributed by atoms with van der Waals surface area (Å²) >= 11 is 0. The number of carboxylic acids is 1. The zero-order valence-corrected chi connectivity index (χ0v) is 20.9. The predicted molar refractivity (Wildman–Crippen MR) is 129 cm³/mol. The molecule has 1 saturated heterocycles. The second-order valence-corrected chi connectivity index (χ2v) is 9.55. The Morgan fingerprint density at radius 2 is 1.48 bits per heavy atom. The molecular weight excluding hydrogens is 422 g/mol. The largest absolute Gasteiger partial charge is 0.481 e. The molecule has 0 bridgehead atoms. The number of ether oxygens (including phenoxy) is 2. The van der Waals surface area contributed by atoms with Gasteiger partial charge in [0.2, 0.25) is 0 Å². The van der Waals surface area contributed by atoms with Crippen molar-refractivity contribution in [1.82, 2.24) is 0 Å². The minimum atomic E-state index is -1.18. The van der Waals surface area contributed by atoms with Gasteiger partial charge in [-0.25, -0.2) is 0 Å². The van der Waals surface area contributed by atoms with Gasteiger partial charge >= 0.3 is 17.9 Å². The first-order valence-corrected chi connectivity index (χ1v) is 13.3. The Hall–Kier alpha value is -1.63. The summed E-state index contributed by atoms with van der Waals surface area (Å²) < 4.78 is 11.0. The fourth-order valence-electron chi connectivity index (χ4n) is 4.40. The first-order chi connectivity index (χ1) is 15.9. The molecule has 1 unspecified atom stereocenters. The van der Waals surface area contributed by atoms with E-state index in [1.807, 2.05) is 0 Å². The second-order valence-electron chi connectivity index (χ2n) is 9.55. The summed E-state index contributed by atoms with van der Waals surface area (Å²) in [6.07, 6.45) is 16.1. The standard InChI is InChI=1S/C26H47NO6/c1-3-5-7-9-10-11-12-13-14-16-20(32-26(31)22(27)19-24(28)29)18-23-21(25(30)33-23)17-15-8-6-4-2/h20-23H,3-19,27H2,1-2H3,(H,28,29)/t20-,21-,22?,23-/m0/s1. The fraction of sp³-hybridized carbons (Fsp3) is 0.885. The average Bonchev–Trinajstić information content (AvgIpc) is 2.76. The zero-order valence-electron chi connectivity index (χ0n) is 20.9. The Morgan fingerprint density at radius 1 is 0.939 bits per heavy atom. The lowest BCUT2D eigenvalue weighted by atomic mass is 9.86. The number of hydrogen-bond donors (Lipinski definition) is 2. The second kappa shape index (κ2) is 17.8. The van der Waals surface area contributed by atoms with Crippen molar-refractivity contribution in [3.8, 4) is 0 Å². The highest BCUT2D eigenvalue weighted by molar-refractivity contribution is 5.82. The van der Waals surface area contributed by atoms with E-state index in [0.29, 0.717) is 12.8 Å². The number of unbranched alkanes of at least 4 members (excludes halogenated alkanes) is 11. The van der Waals surface area contributed by atoms with Crippen LogP contribution >= 0.6 is 0 Å². The van der Waals surface area contributed by atoms with Gasteiger partial charge in [-0.2, -0.15) is 0 Å². The highest BCUT2D eigenvalue weighted by Crippen LogP contribution is 2.32. The zero-order chi connectivity index (χ0) is 24.5. The molecular formula is C26H47NO6. The number of carbonyl (C=O) groups excluding carboxylic acids is 2. The third kappa shape index (κ3) is 13.0. The number of aliphatic carboxylic acids is 1. The molecule has 1 fully saturated rings. The summed E-state index contributed by atoms with van der Waals surface area (Å²) in [5.74, 6) is -2.11. The Bertz CT molecular complexity index is 567. The van der Waals surface area contributed by atoms with Crippen LogP contribution in [-0.2, 0) is 23.9 Å². The number of nitrogens with two attached hydrogens (primary N) is 1. The van der Waals surface area contributed by atoms with Crippen LogP contribution in [0.3, 0.4) is 0 Å². The summed E-state index contributed by atoms with van der Waals surface area (Å²) in [7, 11) is 0. The molecule has 0 saturated carbocycles. The summed E-state index contributed by atoms with van der Waals surface area (Å²) in [5, 5.41) is 8.89. The lowest BCUT2D eigenvalue weighted by Crippen LogP contribution is -2.47. The van der Waals surface area contributed by atoms with Crippen LogP contribution in [0.1, 0.15) is 123 Å². The Labute approximate surface area is 200 Å². The average molecular weight is 470 g/mol. The van der Waals surface area contributed by atoms with Crippen molar-refractivity contribution in [2.24, 2.45) is 11.7 Å². The van der Waals surface area contributed by atoms with E-state index in [1.54, 1.807) is 0 Å². The molecule has 0 aliphatic carbocycles. The highest BCUT2D eigenvalue weighted by atomic mass is 16.6. The molecule has 0 amide bonds. The van der Waals surface area contributed by atoms with Crippen LogP contribution in [0, 0.1) is 5.92 Å². The van der Waals surface area contributed by atoms with Gasteiger partial charge in [0.05, 0.1) is 12.3 Å². The monoisotopic (exact) mass is 469 g/mol. The van der Waals surface area contributed by atoms with Gasteiger partial charge in [-0.05, 0) is 19.3 Å². The summed E-state index contributed by atoms with van der Waals surface area (Å²) in [6, 6.07) is -1.18. The van der Waals surface area contributed by atoms with Crippen molar-refractivity contribution in [2.45, 2.75) is 141 Å². The number of carbonyl (C=O) groups is 3. The molecule has 0 aromatic heterocycles. The highest BCUT2D eigenvalue weighted by Gasteiger charge is 2.43. The Balaban J connectivity index is 2.48. The summed E-state index contributed by atoms with van der Waals surface area (Å²) in [5.41, 5.74) is 5.69. The molecule has 0 spiro atoms. The third-order valence-electron chi connectivity index (χ3n) is 6.49. The fourth-order valence-corrected chi connectivity index (χ4v) is 4.40. The van der Waals surface area contributed by atoms with Crippen molar-refractivity contribution in [2.75, 3.05) is 0 Å². The Kier molecular flexibility index (Phi) is 15.9. The molecule has 192 valence electrons. The van der Waals surface area contributed by atoms with Crippen molar-refractivity contribution in [3.05, 3.63) is 0 Å². The van der Waals surface area contributed by atoms with Gasteiger partial charge < -0.3 is 20.3 Å². The van der Waals surface area contributed by atoms with E-state index in [0.717, 1.165) is 51.4 Å². The maximum Gasteiger partial charge on any atom is 0.323 e. The van der Waals surface area contributed by atoms with Crippen LogP contribution in [0.25, 0.3) is 0 Å². The number of hydrogen-bond acceptors (Lipinski definition) is 6. The molecule has 1 aliphatic heterocycles. The first kappa shape index (κ1) is 29.4. The number of carboxylic acid groups (broad SMARTS) is 1. The van der Waals surface area contributed by atoms with Crippen molar-refractivity contribution in [1.29, 1.82) is 0 Å². The maximum atomic E-state index is 12.3. The molecule has 3 N–H and O–H groups in total. The lowest BCUT2D eigenvalue weighted by molar-refractivity contribution is -0.190. The molecule has 4 atom stereocenters.